The molecule has 0 radical (unpaired) electrons. The molecule has 1 aliphatic heterocycles. The van der Waals surface area contributed by atoms with Crippen LogP contribution < -0.4 is 16.2 Å². The van der Waals surface area contributed by atoms with Crippen LogP contribution in [0.1, 0.15) is 17.5 Å². The Bertz CT molecular complexity index is 682. The summed E-state index contributed by atoms with van der Waals surface area (Å²) in [6, 6.07) is 5.78. The van der Waals surface area contributed by atoms with Gasteiger partial charge in [0.2, 0.25) is 11.8 Å². The van der Waals surface area contributed by atoms with Crippen LogP contribution >= 0.6 is 0 Å². The van der Waals surface area contributed by atoms with Crippen molar-refractivity contribution in [1.29, 1.82) is 0 Å². The van der Waals surface area contributed by atoms with Gasteiger partial charge in [-0.3, -0.25) is 25.2 Å². The number of anilines is 1. The fourth-order valence-electron chi connectivity index (χ4n) is 2.13. The number of hydrogen-bond acceptors (Lipinski definition) is 4. The maximum Gasteiger partial charge on any atom is 0.271 e. The number of nitrogens with zero attached hydrogens (tertiary/aromatic N) is 1. The fraction of sp³-hybridized carbons (Fsp3) is 0.312. The lowest BCUT2D eigenvalue weighted by Gasteiger charge is -2.22. The second-order valence-corrected chi connectivity index (χ2v) is 5.52. The predicted octanol–water partition coefficient (Wildman–Crippen LogP) is 0.609. The first-order valence-electron chi connectivity index (χ1n) is 7.24. The van der Waals surface area contributed by atoms with Crippen molar-refractivity contribution in [2.75, 3.05) is 18.9 Å². The van der Waals surface area contributed by atoms with Crippen LogP contribution in [-0.4, -0.2) is 36.2 Å². The topological polar surface area (TPSA) is 90.5 Å². The zero-order chi connectivity index (χ0) is 17.0. The van der Waals surface area contributed by atoms with E-state index in [1.807, 2.05) is 32.0 Å². The molecule has 0 aromatic heterocycles. The van der Waals surface area contributed by atoms with Crippen molar-refractivity contribution in [2.45, 2.75) is 20.3 Å². The average Bonchev–Trinajstić information content (AvgIpc) is 2.51. The van der Waals surface area contributed by atoms with Gasteiger partial charge in [0, 0.05) is 19.2 Å². The highest BCUT2D eigenvalue weighted by Gasteiger charge is 2.20. The second-order valence-electron chi connectivity index (χ2n) is 5.52. The fourth-order valence-corrected chi connectivity index (χ4v) is 2.13. The van der Waals surface area contributed by atoms with Gasteiger partial charge >= 0.3 is 0 Å². The van der Waals surface area contributed by atoms with Crippen molar-refractivity contribution in [2.24, 2.45) is 0 Å². The van der Waals surface area contributed by atoms with Gasteiger partial charge in [-0.15, -0.1) is 0 Å². The van der Waals surface area contributed by atoms with Crippen LogP contribution in [0.4, 0.5) is 5.69 Å². The van der Waals surface area contributed by atoms with Crippen molar-refractivity contribution in [1.82, 2.24) is 15.8 Å². The average molecular weight is 316 g/mol. The minimum Gasteiger partial charge on any atom is -0.331 e. The summed E-state index contributed by atoms with van der Waals surface area (Å²) in [5.41, 5.74) is 7.89. The molecule has 1 aliphatic rings. The van der Waals surface area contributed by atoms with E-state index in [2.05, 4.69) is 16.2 Å². The lowest BCUT2D eigenvalue weighted by Crippen LogP contribution is -2.46. The lowest BCUT2D eigenvalue weighted by atomic mass is 10.1. The molecule has 3 N–H and O–H groups in total. The Kier molecular flexibility index (Phi) is 5.00. The van der Waals surface area contributed by atoms with Gasteiger partial charge in [-0.25, -0.2) is 0 Å². The number of carbonyl (C=O) groups excluding carboxylic acids is 3. The van der Waals surface area contributed by atoms with E-state index in [1.54, 1.807) is 0 Å². The maximum absolute atomic E-state index is 12.2. The monoisotopic (exact) mass is 316 g/mol. The van der Waals surface area contributed by atoms with Gasteiger partial charge in [0.15, 0.2) is 0 Å². The summed E-state index contributed by atoms with van der Waals surface area (Å²) in [5, 5.41) is 2.80. The zero-order valence-corrected chi connectivity index (χ0v) is 13.4. The van der Waals surface area contributed by atoms with Gasteiger partial charge in [-0.05, 0) is 37.1 Å². The quantitative estimate of drug-likeness (QED) is 0.759. The number of aryl methyl sites for hydroxylation is 2. The molecule has 2 rings (SSSR count). The predicted molar refractivity (Wildman–Crippen MR) is 86.2 cm³/mol. The minimum atomic E-state index is -0.360. The van der Waals surface area contributed by atoms with Crippen molar-refractivity contribution >= 4 is 23.4 Å². The summed E-state index contributed by atoms with van der Waals surface area (Å²) < 4.78 is 0. The molecule has 0 spiro atoms. The molecule has 0 saturated heterocycles. The van der Waals surface area contributed by atoms with Gasteiger partial charge in [0.25, 0.3) is 5.91 Å². The van der Waals surface area contributed by atoms with Gasteiger partial charge < -0.3 is 10.2 Å². The molecule has 122 valence electrons. The molecule has 23 heavy (non-hydrogen) atoms. The second kappa shape index (κ2) is 6.95. The molecular weight excluding hydrogens is 296 g/mol. The number of benzene rings is 1. The Balaban J connectivity index is 1.95. The molecule has 3 amide bonds. The van der Waals surface area contributed by atoms with Gasteiger partial charge in [-0.1, -0.05) is 12.1 Å². The van der Waals surface area contributed by atoms with Crippen LogP contribution in [0, 0.1) is 13.8 Å². The van der Waals surface area contributed by atoms with E-state index in [1.165, 1.54) is 18.0 Å². The molecular formula is C16H20N4O3. The van der Waals surface area contributed by atoms with E-state index < -0.39 is 0 Å². The molecule has 0 saturated carbocycles. The number of likely N-dealkylation sites (N-methyl/N-ethyl adjacent to an activating group) is 1. The Morgan fingerprint density at radius 3 is 2.65 bits per heavy atom. The number of nitrogens with one attached hydrogen (secondary N) is 3. The third-order valence-electron chi connectivity index (χ3n) is 3.45. The normalized spacial score (nSPS) is 13.5. The van der Waals surface area contributed by atoms with E-state index in [0.29, 0.717) is 0 Å². The molecule has 0 fully saturated rings. The first kappa shape index (κ1) is 16.5. The summed E-state index contributed by atoms with van der Waals surface area (Å²) in [5.74, 6) is -0.854. The van der Waals surface area contributed by atoms with Crippen molar-refractivity contribution in [3.8, 4) is 0 Å². The lowest BCUT2D eigenvalue weighted by molar-refractivity contribution is -0.131. The Morgan fingerprint density at radius 2 is 2.00 bits per heavy atom. The van der Waals surface area contributed by atoms with Crippen LogP contribution in [0.2, 0.25) is 0 Å². The van der Waals surface area contributed by atoms with Crippen molar-refractivity contribution < 1.29 is 14.4 Å². The number of hydrogen-bond donors (Lipinski definition) is 3. The molecule has 0 atom stereocenters. The summed E-state index contributed by atoms with van der Waals surface area (Å²) in [6.07, 6.45) is 1.64. The highest BCUT2D eigenvalue weighted by atomic mass is 16.2. The number of carbonyl (C=O) groups is 3. The van der Waals surface area contributed by atoms with Crippen molar-refractivity contribution in [3.05, 3.63) is 41.1 Å². The van der Waals surface area contributed by atoms with E-state index in [-0.39, 0.29) is 36.4 Å². The standard InChI is InChI=1S/C16H20N4O3/c1-10-4-5-11(2)13(8-10)17-15(22)9-20(3)16(23)12-6-7-14(21)19-18-12/h4-6,8,18H,7,9H2,1-3H3,(H,17,22)(H,19,21). The summed E-state index contributed by atoms with van der Waals surface area (Å²) in [6.45, 7) is 3.77. The van der Waals surface area contributed by atoms with Gasteiger partial charge in [0.05, 0.1) is 6.54 Å². The molecule has 1 aromatic carbocycles. The number of rotatable bonds is 4. The SMILES string of the molecule is Cc1ccc(C)c(NC(=O)CN(C)C(=O)C2=CCC(=O)NN2)c1. The van der Waals surface area contributed by atoms with Crippen LogP contribution in [0.5, 0.6) is 0 Å². The molecule has 7 heteroatoms. The van der Waals surface area contributed by atoms with Gasteiger partial charge in [0.1, 0.15) is 5.70 Å². The first-order valence-corrected chi connectivity index (χ1v) is 7.24. The first-order chi connectivity index (χ1) is 10.9. The summed E-state index contributed by atoms with van der Waals surface area (Å²) in [4.78, 5) is 36.6. The minimum absolute atomic E-state index is 0.0841. The van der Waals surface area contributed by atoms with Crippen LogP contribution in [-0.2, 0) is 14.4 Å². The molecule has 1 heterocycles. The molecule has 0 unspecified atom stereocenters. The van der Waals surface area contributed by atoms with E-state index >= 15 is 0 Å². The van der Waals surface area contributed by atoms with E-state index in [4.69, 9.17) is 0 Å². The maximum atomic E-state index is 12.2. The third kappa shape index (κ3) is 4.32. The highest BCUT2D eigenvalue weighted by molar-refractivity contribution is 5.99. The third-order valence-corrected chi connectivity index (χ3v) is 3.45. The molecule has 0 aliphatic carbocycles. The molecule has 1 aromatic rings. The van der Waals surface area contributed by atoms with E-state index in [0.717, 1.165) is 16.8 Å². The number of hydrazine groups is 1. The summed E-state index contributed by atoms with van der Waals surface area (Å²) in [7, 11) is 1.53. The zero-order valence-electron chi connectivity index (χ0n) is 13.4. The molecule has 0 bridgehead atoms. The number of amides is 3. The van der Waals surface area contributed by atoms with Crippen LogP contribution in [0.3, 0.4) is 0 Å². The summed E-state index contributed by atoms with van der Waals surface area (Å²) >= 11 is 0. The Labute approximate surface area is 134 Å². The highest BCUT2D eigenvalue weighted by Crippen LogP contribution is 2.16. The Morgan fingerprint density at radius 1 is 1.26 bits per heavy atom. The van der Waals surface area contributed by atoms with Crippen molar-refractivity contribution in [3.63, 3.8) is 0 Å². The van der Waals surface area contributed by atoms with Crippen LogP contribution in [0.15, 0.2) is 30.0 Å². The van der Waals surface area contributed by atoms with Gasteiger partial charge in [-0.2, -0.15) is 0 Å². The Hall–Kier alpha value is -2.83. The largest absolute Gasteiger partial charge is 0.331 e. The van der Waals surface area contributed by atoms with Crippen LogP contribution in [0.25, 0.3) is 0 Å². The smallest absolute Gasteiger partial charge is 0.271 e. The van der Waals surface area contributed by atoms with E-state index in [9.17, 15) is 14.4 Å². The molecule has 7 nitrogen and oxygen atoms in total.